The molecule has 6 heteroatoms. The lowest BCUT2D eigenvalue weighted by atomic mass is 10.1. The Labute approximate surface area is 107 Å². The van der Waals surface area contributed by atoms with Crippen LogP contribution in [0.25, 0.3) is 0 Å². The number of aliphatic hydroxyl groups is 1. The van der Waals surface area contributed by atoms with Crippen LogP contribution in [0.1, 0.15) is 11.7 Å². The minimum Gasteiger partial charge on any atom is -0.387 e. The average Bonchev–Trinajstić information content (AvgIpc) is 2.23. The van der Waals surface area contributed by atoms with E-state index in [0.29, 0.717) is 17.1 Å². The second-order valence-corrected chi connectivity index (χ2v) is 6.54. The van der Waals surface area contributed by atoms with Crippen LogP contribution in [0.4, 0.5) is 0 Å². The number of nitrogens with one attached hydrogen (secondary N) is 1. The van der Waals surface area contributed by atoms with E-state index in [2.05, 4.69) is 5.32 Å². The molecule has 4 nitrogen and oxygen atoms in total. The highest BCUT2D eigenvalue weighted by Crippen LogP contribution is 2.21. The fraction of sp³-hybridized carbons (Fsp3) is 0.455. The Morgan fingerprint density at radius 2 is 2.06 bits per heavy atom. The molecular formula is C11H16ClNO3S. The number of rotatable bonds is 6. The smallest absolute Gasteiger partial charge is 0.148 e. The van der Waals surface area contributed by atoms with Crippen LogP contribution in [0.5, 0.6) is 0 Å². The van der Waals surface area contributed by atoms with Crippen molar-refractivity contribution < 1.29 is 13.5 Å². The molecule has 0 aliphatic rings. The van der Waals surface area contributed by atoms with Crippen molar-refractivity contribution in [3.05, 3.63) is 34.9 Å². The molecule has 1 rings (SSSR count). The summed E-state index contributed by atoms with van der Waals surface area (Å²) in [5.74, 6) is 0.0578. The molecule has 1 aromatic carbocycles. The van der Waals surface area contributed by atoms with Crippen LogP contribution in [-0.2, 0) is 9.84 Å². The Morgan fingerprint density at radius 1 is 1.41 bits per heavy atom. The summed E-state index contributed by atoms with van der Waals surface area (Å²) in [7, 11) is -2.97. The summed E-state index contributed by atoms with van der Waals surface area (Å²) in [5, 5.41) is 13.2. The van der Waals surface area contributed by atoms with Crippen LogP contribution in [-0.4, -0.2) is 38.6 Å². The summed E-state index contributed by atoms with van der Waals surface area (Å²) in [6, 6.07) is 7.03. The van der Waals surface area contributed by atoms with Gasteiger partial charge in [-0.3, -0.25) is 0 Å². The minimum atomic E-state index is -2.97. The van der Waals surface area contributed by atoms with Crippen molar-refractivity contribution in [2.24, 2.45) is 0 Å². The number of benzene rings is 1. The topological polar surface area (TPSA) is 66.4 Å². The van der Waals surface area contributed by atoms with E-state index in [-0.39, 0.29) is 12.3 Å². The van der Waals surface area contributed by atoms with Gasteiger partial charge in [0.25, 0.3) is 0 Å². The number of halogens is 1. The largest absolute Gasteiger partial charge is 0.387 e. The second kappa shape index (κ2) is 6.35. The van der Waals surface area contributed by atoms with E-state index in [1.54, 1.807) is 24.3 Å². The van der Waals surface area contributed by atoms with Crippen molar-refractivity contribution in [2.75, 3.05) is 25.1 Å². The Hall–Kier alpha value is -0.620. The molecule has 0 radical (unpaired) electrons. The van der Waals surface area contributed by atoms with Crippen LogP contribution < -0.4 is 5.32 Å². The third-order valence-corrected chi connectivity index (χ3v) is 3.54. The molecule has 96 valence electrons. The van der Waals surface area contributed by atoms with Crippen LogP contribution in [0.15, 0.2) is 24.3 Å². The lowest BCUT2D eigenvalue weighted by Gasteiger charge is -2.13. The fourth-order valence-corrected chi connectivity index (χ4v) is 2.13. The molecule has 0 amide bonds. The van der Waals surface area contributed by atoms with Gasteiger partial charge in [0.15, 0.2) is 0 Å². The SMILES string of the molecule is CS(=O)(=O)CCNCC(O)c1ccccc1Cl. The Balaban J connectivity index is 2.41. The maximum Gasteiger partial charge on any atom is 0.148 e. The second-order valence-electron chi connectivity index (χ2n) is 3.87. The first kappa shape index (κ1) is 14.4. The number of aliphatic hydroxyl groups excluding tert-OH is 1. The highest BCUT2D eigenvalue weighted by atomic mass is 35.5. The molecule has 0 spiro atoms. The molecule has 0 heterocycles. The summed E-state index contributed by atoms with van der Waals surface area (Å²) in [4.78, 5) is 0. The predicted octanol–water partition coefficient (Wildman–Crippen LogP) is 1.01. The van der Waals surface area contributed by atoms with Gasteiger partial charge in [-0.25, -0.2) is 8.42 Å². The maximum atomic E-state index is 10.9. The van der Waals surface area contributed by atoms with Crippen molar-refractivity contribution in [3.63, 3.8) is 0 Å². The monoisotopic (exact) mass is 277 g/mol. The van der Waals surface area contributed by atoms with Gasteiger partial charge in [0.1, 0.15) is 9.84 Å². The Morgan fingerprint density at radius 3 is 2.65 bits per heavy atom. The third kappa shape index (κ3) is 5.50. The van der Waals surface area contributed by atoms with E-state index in [1.807, 2.05) is 0 Å². The summed E-state index contributed by atoms with van der Waals surface area (Å²) >= 11 is 5.92. The van der Waals surface area contributed by atoms with Gasteiger partial charge < -0.3 is 10.4 Å². The van der Waals surface area contributed by atoms with Gasteiger partial charge in [-0.05, 0) is 6.07 Å². The molecule has 1 unspecified atom stereocenters. The lowest BCUT2D eigenvalue weighted by Crippen LogP contribution is -2.27. The van der Waals surface area contributed by atoms with Crippen LogP contribution >= 0.6 is 11.6 Å². The maximum absolute atomic E-state index is 10.9. The van der Waals surface area contributed by atoms with Crippen molar-refractivity contribution in [2.45, 2.75) is 6.10 Å². The fourth-order valence-electron chi connectivity index (χ4n) is 1.35. The molecule has 0 fully saturated rings. The van der Waals surface area contributed by atoms with E-state index in [0.717, 1.165) is 0 Å². The van der Waals surface area contributed by atoms with Crippen molar-refractivity contribution in [1.29, 1.82) is 0 Å². The van der Waals surface area contributed by atoms with E-state index < -0.39 is 15.9 Å². The van der Waals surface area contributed by atoms with E-state index in [1.165, 1.54) is 6.26 Å². The summed E-state index contributed by atoms with van der Waals surface area (Å²) in [6.07, 6.45) is 0.447. The molecule has 0 saturated heterocycles. The Kier molecular flexibility index (Phi) is 5.39. The van der Waals surface area contributed by atoms with Crippen molar-refractivity contribution in [3.8, 4) is 0 Å². The molecule has 0 aromatic heterocycles. The average molecular weight is 278 g/mol. The first-order valence-corrected chi connectivity index (χ1v) is 7.65. The van der Waals surface area contributed by atoms with Gasteiger partial charge in [-0.15, -0.1) is 0 Å². The normalized spacial score (nSPS) is 13.6. The Bertz CT molecular complexity index is 462. The highest BCUT2D eigenvalue weighted by molar-refractivity contribution is 7.90. The quantitative estimate of drug-likeness (QED) is 0.762. The number of hydrogen-bond acceptors (Lipinski definition) is 4. The molecule has 0 saturated carbocycles. The molecule has 1 aromatic rings. The summed E-state index contributed by atoms with van der Waals surface area (Å²) in [5.41, 5.74) is 0.640. The summed E-state index contributed by atoms with van der Waals surface area (Å²) < 4.78 is 21.8. The van der Waals surface area contributed by atoms with Crippen LogP contribution in [0.3, 0.4) is 0 Å². The predicted molar refractivity (Wildman–Crippen MR) is 69.0 cm³/mol. The molecule has 1 atom stereocenters. The standard InChI is InChI=1S/C11H16ClNO3S/c1-17(15,16)7-6-13-8-11(14)9-4-2-3-5-10(9)12/h2-5,11,13-14H,6-8H2,1H3. The molecule has 0 bridgehead atoms. The van der Waals surface area contributed by atoms with Gasteiger partial charge in [-0.1, -0.05) is 29.8 Å². The van der Waals surface area contributed by atoms with Gasteiger partial charge in [0.05, 0.1) is 11.9 Å². The first-order chi connectivity index (χ1) is 7.90. The van der Waals surface area contributed by atoms with Crippen molar-refractivity contribution >= 4 is 21.4 Å². The molecule has 2 N–H and O–H groups in total. The third-order valence-electron chi connectivity index (χ3n) is 2.25. The van der Waals surface area contributed by atoms with Gasteiger partial charge >= 0.3 is 0 Å². The van der Waals surface area contributed by atoms with Crippen LogP contribution in [0.2, 0.25) is 5.02 Å². The molecule has 17 heavy (non-hydrogen) atoms. The van der Waals surface area contributed by atoms with Crippen LogP contribution in [0, 0.1) is 0 Å². The molecule has 0 aliphatic heterocycles. The highest BCUT2D eigenvalue weighted by Gasteiger charge is 2.10. The number of hydrogen-bond donors (Lipinski definition) is 2. The lowest BCUT2D eigenvalue weighted by molar-refractivity contribution is 0.176. The molecule has 0 aliphatic carbocycles. The zero-order chi connectivity index (χ0) is 12.9. The molecular weight excluding hydrogens is 262 g/mol. The first-order valence-electron chi connectivity index (χ1n) is 5.21. The van der Waals surface area contributed by atoms with Gasteiger partial charge in [-0.2, -0.15) is 0 Å². The van der Waals surface area contributed by atoms with Gasteiger partial charge in [0, 0.05) is 29.9 Å². The van der Waals surface area contributed by atoms with E-state index in [4.69, 9.17) is 11.6 Å². The minimum absolute atomic E-state index is 0.0578. The van der Waals surface area contributed by atoms with E-state index in [9.17, 15) is 13.5 Å². The van der Waals surface area contributed by atoms with E-state index >= 15 is 0 Å². The zero-order valence-electron chi connectivity index (χ0n) is 9.56. The van der Waals surface area contributed by atoms with Gasteiger partial charge in [0.2, 0.25) is 0 Å². The summed E-state index contributed by atoms with van der Waals surface area (Å²) in [6.45, 7) is 0.597. The zero-order valence-corrected chi connectivity index (χ0v) is 11.1. The number of sulfone groups is 1. The van der Waals surface area contributed by atoms with Crippen molar-refractivity contribution in [1.82, 2.24) is 5.32 Å².